The number of aromatic nitrogens is 2. The first kappa shape index (κ1) is 52.3. The Bertz CT molecular complexity index is 1990. The summed E-state index contributed by atoms with van der Waals surface area (Å²) in [7, 11) is 0. The van der Waals surface area contributed by atoms with E-state index in [1.54, 1.807) is 12.1 Å². The second-order valence-electron chi connectivity index (χ2n) is 14.4. The fraction of sp³-hybridized carbons (Fsp3) is 0.474. The summed E-state index contributed by atoms with van der Waals surface area (Å²) in [6.45, 7) is 1.81. The number of nitrogens with zero attached hydrogens (tertiary/aromatic N) is 2. The maximum atomic E-state index is 13.8. The average molecular weight is 901 g/mol. The number of carbonyl (C=O) groups excluding carboxylic acids is 9. The number of aromatic amines is 1. The molecule has 1 heterocycles. The molecule has 1 aromatic carbocycles. The van der Waals surface area contributed by atoms with Crippen molar-refractivity contribution in [3.8, 4) is 5.75 Å². The normalized spacial score (nSPS) is 13.5. The summed E-state index contributed by atoms with van der Waals surface area (Å²) in [4.78, 5) is 137. The predicted octanol–water partition coefficient (Wildman–Crippen LogP) is -5.37. The SMILES string of the molecule is CC(=O)N[C@@H](Cc1ccc(O)cc1)C(=O)N[C@@H](CCCN=C(N)N)C(=O)N[C@@H](C)C(=O)N[C@@H](Cc1cnc[nH]1)C(=O)N[C@@H](CCC(N)=O)C(=O)NCC(=O)N[C@@H](CCC(=O)O)C(N)=O. The fourth-order valence-electron chi connectivity index (χ4n) is 5.79. The first-order valence-electron chi connectivity index (χ1n) is 19.8. The zero-order valence-corrected chi connectivity index (χ0v) is 35.2. The Morgan fingerprint density at radius 3 is 1.83 bits per heavy atom. The molecule has 0 aliphatic rings. The summed E-state index contributed by atoms with van der Waals surface area (Å²) < 4.78 is 0. The van der Waals surface area contributed by atoms with Crippen LogP contribution < -0.4 is 60.2 Å². The monoisotopic (exact) mass is 900 g/mol. The Hall–Kier alpha value is -7.80. The van der Waals surface area contributed by atoms with Crippen molar-refractivity contribution < 1.29 is 58.2 Å². The molecule has 64 heavy (non-hydrogen) atoms. The number of imidazole rings is 1. The standard InChI is InChI=1S/C38H56N14O12/c1-19(47-35(62)25(4-3-13-44-38(41)42)50-36(63)27(48-20(2)53)14-21-5-7-23(54)8-6-21)33(60)52-28(15-22-16-43-18-46-22)37(64)51-26(9-11-29(39)55)34(61)45-17-30(56)49-24(32(40)59)10-12-31(57)58/h5-8,16,18-19,24-28,54H,3-4,9-15,17H2,1-2H3,(H2,39,55)(H2,40,59)(H,43,46)(H,45,61)(H,47,62)(H,48,53)(H,49,56)(H,50,63)(H,51,64)(H,52,60)(H,57,58)(H4,41,42,44)/t19-,24-,25-,26-,27-,28-/m0/s1. The van der Waals surface area contributed by atoms with Crippen molar-refractivity contribution in [2.75, 3.05) is 13.1 Å². The summed E-state index contributed by atoms with van der Waals surface area (Å²) in [5, 5.41) is 35.6. The van der Waals surface area contributed by atoms with Crippen molar-refractivity contribution >= 4 is 65.1 Å². The molecule has 0 saturated heterocycles. The van der Waals surface area contributed by atoms with Crippen LogP contribution >= 0.6 is 0 Å². The second kappa shape index (κ2) is 26.5. The number of carboxylic acids is 1. The quantitative estimate of drug-likeness (QED) is 0.0215. The van der Waals surface area contributed by atoms with Gasteiger partial charge in [0.05, 0.1) is 12.9 Å². The van der Waals surface area contributed by atoms with Gasteiger partial charge in [-0.1, -0.05) is 12.1 Å². The van der Waals surface area contributed by atoms with Crippen LogP contribution in [0.1, 0.15) is 63.6 Å². The molecule has 0 unspecified atom stereocenters. The number of nitrogens with two attached hydrogens (primary N) is 4. The minimum atomic E-state index is -1.51. The van der Waals surface area contributed by atoms with Gasteiger partial charge in [-0.05, 0) is 50.3 Å². The molecule has 2 aromatic rings. The number of hydrogen-bond donors (Lipinski definition) is 14. The number of aromatic hydroxyl groups is 1. The van der Waals surface area contributed by atoms with E-state index in [-0.39, 0.29) is 56.8 Å². The molecule has 18 N–H and O–H groups in total. The van der Waals surface area contributed by atoms with Gasteiger partial charge in [0.2, 0.25) is 53.2 Å². The van der Waals surface area contributed by atoms with E-state index in [0.717, 1.165) is 0 Å². The Balaban J connectivity index is 2.25. The minimum Gasteiger partial charge on any atom is -0.508 e. The summed E-state index contributed by atoms with van der Waals surface area (Å²) in [5.74, 6) is -9.23. The van der Waals surface area contributed by atoms with E-state index in [1.165, 1.54) is 38.5 Å². The number of carboxylic acid groups (broad SMARTS) is 1. The van der Waals surface area contributed by atoms with Crippen LogP contribution in [-0.4, -0.2) is 135 Å². The molecule has 6 atom stereocenters. The lowest BCUT2D eigenvalue weighted by molar-refractivity contribution is -0.138. The van der Waals surface area contributed by atoms with E-state index in [4.69, 9.17) is 28.0 Å². The van der Waals surface area contributed by atoms with Crippen molar-refractivity contribution in [2.24, 2.45) is 27.9 Å². The molecule has 0 aliphatic heterocycles. The molecule has 0 radical (unpaired) electrons. The number of rotatable bonds is 28. The maximum Gasteiger partial charge on any atom is 0.303 e. The average Bonchev–Trinajstić information content (AvgIpc) is 3.73. The van der Waals surface area contributed by atoms with Crippen molar-refractivity contribution in [1.29, 1.82) is 0 Å². The molecule has 1 aromatic heterocycles. The summed E-state index contributed by atoms with van der Waals surface area (Å²) in [6.07, 6.45) is 0.979. The van der Waals surface area contributed by atoms with Gasteiger partial charge in [0, 0.05) is 51.0 Å². The van der Waals surface area contributed by atoms with Gasteiger partial charge in [-0.25, -0.2) is 4.98 Å². The third kappa shape index (κ3) is 20.2. The number of hydrogen-bond acceptors (Lipinski definition) is 13. The number of H-pyrrole nitrogens is 1. The van der Waals surface area contributed by atoms with Gasteiger partial charge in [0.25, 0.3) is 0 Å². The molecule has 0 spiro atoms. The number of primary amides is 2. The van der Waals surface area contributed by atoms with E-state index in [2.05, 4.69) is 52.2 Å². The van der Waals surface area contributed by atoms with E-state index in [1.807, 2.05) is 0 Å². The van der Waals surface area contributed by atoms with Crippen molar-refractivity contribution in [1.82, 2.24) is 47.2 Å². The predicted molar refractivity (Wildman–Crippen MR) is 224 cm³/mol. The van der Waals surface area contributed by atoms with Crippen molar-refractivity contribution in [2.45, 2.75) is 101 Å². The summed E-state index contributed by atoms with van der Waals surface area (Å²) in [5.41, 5.74) is 22.3. The zero-order chi connectivity index (χ0) is 47.9. The third-order valence-electron chi connectivity index (χ3n) is 9.07. The molecule has 0 bridgehead atoms. The highest BCUT2D eigenvalue weighted by Crippen LogP contribution is 2.12. The first-order valence-corrected chi connectivity index (χ1v) is 19.8. The molecule has 26 nitrogen and oxygen atoms in total. The van der Waals surface area contributed by atoms with Gasteiger partial charge in [-0.2, -0.15) is 0 Å². The number of nitrogens with one attached hydrogen (secondary N) is 8. The molecular formula is C38H56N14O12. The molecule has 26 heteroatoms. The largest absolute Gasteiger partial charge is 0.508 e. The van der Waals surface area contributed by atoms with Crippen LogP contribution in [0.25, 0.3) is 0 Å². The molecule has 0 fully saturated rings. The van der Waals surface area contributed by atoms with E-state index < -0.39 is 115 Å². The molecule has 0 saturated carbocycles. The molecule has 2 rings (SSSR count). The number of phenolic OH excluding ortho intramolecular Hbond substituents is 1. The van der Waals surface area contributed by atoms with E-state index in [0.29, 0.717) is 11.3 Å². The van der Waals surface area contributed by atoms with Crippen LogP contribution in [0.15, 0.2) is 41.8 Å². The van der Waals surface area contributed by atoms with Crippen LogP contribution in [0.5, 0.6) is 5.75 Å². The number of phenols is 1. The van der Waals surface area contributed by atoms with Crippen LogP contribution in [0, 0.1) is 0 Å². The van der Waals surface area contributed by atoms with Gasteiger partial charge in [-0.15, -0.1) is 0 Å². The van der Waals surface area contributed by atoms with Crippen LogP contribution in [0.4, 0.5) is 0 Å². The van der Waals surface area contributed by atoms with Crippen molar-refractivity contribution in [3.05, 3.63) is 48.0 Å². The van der Waals surface area contributed by atoms with Gasteiger partial charge >= 0.3 is 5.97 Å². The van der Waals surface area contributed by atoms with E-state index in [9.17, 15) is 53.1 Å². The van der Waals surface area contributed by atoms with Crippen LogP contribution in [-0.2, 0) is 60.8 Å². The smallest absolute Gasteiger partial charge is 0.303 e. The Labute approximate surface area is 366 Å². The first-order chi connectivity index (χ1) is 30.1. The lowest BCUT2D eigenvalue weighted by atomic mass is 10.0. The Morgan fingerprint density at radius 2 is 1.28 bits per heavy atom. The maximum absolute atomic E-state index is 13.8. The van der Waals surface area contributed by atoms with Gasteiger partial charge in [0.15, 0.2) is 5.96 Å². The Morgan fingerprint density at radius 1 is 0.703 bits per heavy atom. The highest BCUT2D eigenvalue weighted by atomic mass is 16.4. The lowest BCUT2D eigenvalue weighted by Gasteiger charge is -2.26. The van der Waals surface area contributed by atoms with Gasteiger partial charge < -0.3 is 75.3 Å². The van der Waals surface area contributed by atoms with Gasteiger partial charge in [0.1, 0.15) is 42.0 Å². The highest BCUT2D eigenvalue weighted by Gasteiger charge is 2.32. The number of amides is 9. The second-order valence-corrected chi connectivity index (χ2v) is 14.4. The molecule has 0 aliphatic carbocycles. The Kier molecular flexibility index (Phi) is 21.7. The minimum absolute atomic E-state index is 0.0133. The topological polar surface area (TPSA) is 440 Å². The van der Waals surface area contributed by atoms with Crippen LogP contribution in [0.2, 0.25) is 0 Å². The van der Waals surface area contributed by atoms with E-state index >= 15 is 0 Å². The number of aliphatic carboxylic acids is 1. The number of guanidine groups is 1. The zero-order valence-electron chi connectivity index (χ0n) is 35.2. The summed E-state index contributed by atoms with van der Waals surface area (Å²) >= 11 is 0. The third-order valence-corrected chi connectivity index (χ3v) is 9.07. The molecular weight excluding hydrogens is 845 g/mol. The fourth-order valence-corrected chi connectivity index (χ4v) is 5.79. The van der Waals surface area contributed by atoms with Gasteiger partial charge in [-0.3, -0.25) is 52.9 Å². The number of carbonyl (C=O) groups is 10. The number of benzene rings is 1. The summed E-state index contributed by atoms with van der Waals surface area (Å²) in [6, 6.07) is -2.26. The van der Waals surface area contributed by atoms with Crippen LogP contribution in [0.3, 0.4) is 0 Å². The molecule has 350 valence electrons. The number of aliphatic imine (C=N–C) groups is 1. The molecule has 9 amide bonds. The highest BCUT2D eigenvalue weighted by molar-refractivity contribution is 5.97. The van der Waals surface area contributed by atoms with Crippen molar-refractivity contribution in [3.63, 3.8) is 0 Å². The lowest BCUT2D eigenvalue weighted by Crippen LogP contribution is -2.59.